The van der Waals surface area contributed by atoms with Crippen molar-refractivity contribution in [3.8, 4) is 0 Å². The third kappa shape index (κ3) is 3.46. The molecule has 126 valence electrons. The van der Waals surface area contributed by atoms with Gasteiger partial charge >= 0.3 is 0 Å². The van der Waals surface area contributed by atoms with Crippen LogP contribution < -0.4 is 16.0 Å². The first-order chi connectivity index (χ1) is 11.6. The van der Waals surface area contributed by atoms with E-state index in [0.29, 0.717) is 16.4 Å². The summed E-state index contributed by atoms with van der Waals surface area (Å²) in [6, 6.07) is 9.22. The van der Waals surface area contributed by atoms with Gasteiger partial charge in [0.05, 0.1) is 27.6 Å². The number of nitrogens with one attached hydrogen (secondary N) is 1. The second-order valence-corrected chi connectivity index (χ2v) is 6.28. The molecule has 2 aromatic carbocycles. The van der Waals surface area contributed by atoms with Gasteiger partial charge in [0, 0.05) is 13.1 Å². The van der Waals surface area contributed by atoms with Crippen molar-refractivity contribution in [2.45, 2.75) is 19.3 Å². The Bertz CT molecular complexity index is 760. The van der Waals surface area contributed by atoms with Gasteiger partial charge in [0.2, 0.25) is 0 Å². The maximum Gasteiger partial charge on any atom is 0.258 e. The Balaban J connectivity index is 1.87. The second kappa shape index (κ2) is 7.09. The largest absolute Gasteiger partial charge is 0.397 e. The minimum absolute atomic E-state index is 0.0232. The number of rotatable bonds is 3. The van der Waals surface area contributed by atoms with Gasteiger partial charge in [-0.15, -0.1) is 0 Å². The average Bonchev–Trinajstić information content (AvgIpc) is 2.58. The molecule has 24 heavy (non-hydrogen) atoms. The summed E-state index contributed by atoms with van der Waals surface area (Å²) in [7, 11) is 0. The fraction of sp³-hybridized carbons (Fsp3) is 0.278. The summed E-state index contributed by atoms with van der Waals surface area (Å²) < 4.78 is 13.8. The highest BCUT2D eigenvalue weighted by molar-refractivity contribution is 6.34. The molecule has 0 bridgehead atoms. The van der Waals surface area contributed by atoms with Crippen LogP contribution in [0.1, 0.15) is 29.6 Å². The maximum absolute atomic E-state index is 13.8. The van der Waals surface area contributed by atoms with Crippen LogP contribution in [0, 0.1) is 5.82 Å². The van der Waals surface area contributed by atoms with E-state index in [-0.39, 0.29) is 5.56 Å². The van der Waals surface area contributed by atoms with E-state index in [0.717, 1.165) is 31.6 Å². The SMILES string of the molecule is Nc1cc(Cl)c(NC(=O)c2ccccc2F)cc1N1CCCCC1. The number of nitrogens with two attached hydrogens (primary N) is 1. The predicted molar refractivity (Wildman–Crippen MR) is 96.3 cm³/mol. The molecule has 1 heterocycles. The summed E-state index contributed by atoms with van der Waals surface area (Å²) in [6.45, 7) is 1.85. The smallest absolute Gasteiger partial charge is 0.258 e. The maximum atomic E-state index is 13.8. The molecule has 0 aliphatic carbocycles. The number of carbonyl (C=O) groups is 1. The summed E-state index contributed by atoms with van der Waals surface area (Å²) in [4.78, 5) is 14.5. The molecule has 2 aromatic rings. The Kier molecular flexibility index (Phi) is 4.90. The van der Waals surface area contributed by atoms with Gasteiger partial charge in [0.25, 0.3) is 5.91 Å². The van der Waals surface area contributed by atoms with Crippen molar-refractivity contribution >= 4 is 34.6 Å². The van der Waals surface area contributed by atoms with Gasteiger partial charge < -0.3 is 16.0 Å². The number of benzene rings is 2. The van der Waals surface area contributed by atoms with E-state index in [9.17, 15) is 9.18 Å². The first kappa shape index (κ1) is 16.6. The number of nitrogens with zero attached hydrogens (tertiary/aromatic N) is 1. The van der Waals surface area contributed by atoms with Gasteiger partial charge in [0.1, 0.15) is 5.82 Å². The van der Waals surface area contributed by atoms with Crippen LogP contribution in [0.3, 0.4) is 0 Å². The number of piperidine rings is 1. The fourth-order valence-corrected chi connectivity index (χ4v) is 3.14. The standard InChI is InChI=1S/C18H19ClFN3O/c19-13-10-15(21)17(23-8-4-1-5-9-23)11-16(13)22-18(24)12-6-2-3-7-14(12)20/h2-3,6-7,10-11H,1,4-5,8-9,21H2,(H,22,24). The second-order valence-electron chi connectivity index (χ2n) is 5.87. The minimum Gasteiger partial charge on any atom is -0.397 e. The van der Waals surface area contributed by atoms with Crippen molar-refractivity contribution in [1.29, 1.82) is 0 Å². The molecule has 6 heteroatoms. The molecule has 0 atom stereocenters. The van der Waals surface area contributed by atoms with Gasteiger partial charge in [0.15, 0.2) is 0 Å². The highest BCUT2D eigenvalue weighted by Gasteiger charge is 2.18. The third-order valence-electron chi connectivity index (χ3n) is 4.18. The van der Waals surface area contributed by atoms with Gasteiger partial charge in [-0.3, -0.25) is 4.79 Å². The zero-order chi connectivity index (χ0) is 17.1. The van der Waals surface area contributed by atoms with Crippen molar-refractivity contribution in [2.24, 2.45) is 0 Å². The first-order valence-electron chi connectivity index (χ1n) is 7.96. The van der Waals surface area contributed by atoms with Crippen molar-refractivity contribution < 1.29 is 9.18 Å². The lowest BCUT2D eigenvalue weighted by molar-refractivity contribution is 0.102. The normalized spacial score (nSPS) is 14.5. The zero-order valence-corrected chi connectivity index (χ0v) is 13.9. The first-order valence-corrected chi connectivity index (χ1v) is 8.34. The molecule has 0 aromatic heterocycles. The Labute approximate surface area is 145 Å². The zero-order valence-electron chi connectivity index (χ0n) is 13.2. The molecule has 1 aliphatic heterocycles. The van der Waals surface area contributed by atoms with E-state index < -0.39 is 11.7 Å². The van der Waals surface area contributed by atoms with Crippen molar-refractivity contribution in [1.82, 2.24) is 0 Å². The van der Waals surface area contributed by atoms with E-state index in [1.165, 1.54) is 24.6 Å². The summed E-state index contributed by atoms with van der Waals surface area (Å²) >= 11 is 6.20. The number of anilines is 3. The minimum atomic E-state index is -0.571. The number of amides is 1. The molecule has 1 aliphatic rings. The molecular weight excluding hydrogens is 329 g/mol. The lowest BCUT2D eigenvalue weighted by Crippen LogP contribution is -2.30. The van der Waals surface area contributed by atoms with E-state index in [1.807, 2.05) is 0 Å². The number of carbonyl (C=O) groups excluding carboxylic acids is 1. The molecule has 3 N–H and O–H groups in total. The van der Waals surface area contributed by atoms with Gasteiger partial charge in [-0.2, -0.15) is 0 Å². The van der Waals surface area contributed by atoms with E-state index in [4.69, 9.17) is 17.3 Å². The van der Waals surface area contributed by atoms with E-state index in [2.05, 4.69) is 10.2 Å². The van der Waals surface area contributed by atoms with E-state index in [1.54, 1.807) is 18.2 Å². The number of hydrogen-bond donors (Lipinski definition) is 2. The van der Waals surface area contributed by atoms with Crippen LogP contribution in [-0.4, -0.2) is 19.0 Å². The highest BCUT2D eigenvalue weighted by Crippen LogP contribution is 2.35. The quantitative estimate of drug-likeness (QED) is 0.814. The molecule has 1 fully saturated rings. The summed E-state index contributed by atoms with van der Waals surface area (Å²) in [5, 5.41) is 3.01. The number of nitrogen functional groups attached to an aromatic ring is 1. The number of hydrogen-bond acceptors (Lipinski definition) is 3. The molecule has 4 nitrogen and oxygen atoms in total. The topological polar surface area (TPSA) is 58.4 Å². The average molecular weight is 348 g/mol. The van der Waals surface area contributed by atoms with Crippen LogP contribution in [0.2, 0.25) is 5.02 Å². The molecule has 0 spiro atoms. The summed E-state index contributed by atoms with van der Waals surface area (Å²) in [6.07, 6.45) is 3.43. The number of halogens is 2. The molecule has 0 unspecified atom stereocenters. The molecule has 1 saturated heterocycles. The van der Waals surface area contributed by atoms with Crippen LogP contribution in [0.25, 0.3) is 0 Å². The summed E-state index contributed by atoms with van der Waals surface area (Å²) in [5.41, 5.74) is 7.92. The third-order valence-corrected chi connectivity index (χ3v) is 4.49. The van der Waals surface area contributed by atoms with Crippen molar-refractivity contribution in [2.75, 3.05) is 29.0 Å². The van der Waals surface area contributed by atoms with E-state index >= 15 is 0 Å². The van der Waals surface area contributed by atoms with Gasteiger partial charge in [-0.1, -0.05) is 23.7 Å². The van der Waals surface area contributed by atoms with Crippen molar-refractivity contribution in [3.63, 3.8) is 0 Å². The van der Waals surface area contributed by atoms with Crippen molar-refractivity contribution in [3.05, 3.63) is 52.8 Å². The predicted octanol–water partition coefficient (Wildman–Crippen LogP) is 4.30. The van der Waals surface area contributed by atoms with Crippen LogP contribution in [0.4, 0.5) is 21.5 Å². The van der Waals surface area contributed by atoms with Crippen LogP contribution in [0.15, 0.2) is 36.4 Å². The van der Waals surface area contributed by atoms with Gasteiger partial charge in [-0.05, 0) is 43.5 Å². The Morgan fingerprint density at radius 3 is 2.58 bits per heavy atom. The lowest BCUT2D eigenvalue weighted by atomic mass is 10.1. The monoisotopic (exact) mass is 347 g/mol. The van der Waals surface area contributed by atoms with Crippen LogP contribution in [-0.2, 0) is 0 Å². The Hall–Kier alpha value is -2.27. The van der Waals surface area contributed by atoms with Crippen LogP contribution >= 0.6 is 11.6 Å². The fourth-order valence-electron chi connectivity index (χ4n) is 2.92. The summed E-state index contributed by atoms with van der Waals surface area (Å²) in [5.74, 6) is -1.11. The van der Waals surface area contributed by atoms with Crippen LogP contribution in [0.5, 0.6) is 0 Å². The molecular formula is C18H19ClFN3O. The molecule has 0 radical (unpaired) electrons. The Morgan fingerprint density at radius 1 is 1.17 bits per heavy atom. The lowest BCUT2D eigenvalue weighted by Gasteiger charge is -2.30. The Morgan fingerprint density at radius 2 is 1.88 bits per heavy atom. The van der Waals surface area contributed by atoms with Gasteiger partial charge in [-0.25, -0.2) is 4.39 Å². The molecule has 0 saturated carbocycles. The molecule has 3 rings (SSSR count). The molecule has 1 amide bonds. The highest BCUT2D eigenvalue weighted by atomic mass is 35.5.